The van der Waals surface area contributed by atoms with E-state index in [9.17, 15) is 4.39 Å². The van der Waals surface area contributed by atoms with Gasteiger partial charge in [0.2, 0.25) is 0 Å². The molecule has 1 aliphatic heterocycles. The molecule has 96 valence electrons. The summed E-state index contributed by atoms with van der Waals surface area (Å²) >= 11 is 5.74. The zero-order valence-electron chi connectivity index (χ0n) is 9.53. The summed E-state index contributed by atoms with van der Waals surface area (Å²) in [7, 11) is 0. The first-order valence-corrected chi connectivity index (χ1v) is 5.94. The Bertz CT molecular complexity index is 374. The fourth-order valence-corrected chi connectivity index (χ4v) is 2.35. The van der Waals surface area contributed by atoms with Gasteiger partial charge in [-0.25, -0.2) is 4.39 Å². The highest BCUT2D eigenvalue weighted by Crippen LogP contribution is 2.22. The van der Waals surface area contributed by atoms with Gasteiger partial charge in [0, 0.05) is 18.7 Å². The van der Waals surface area contributed by atoms with Crippen LogP contribution in [-0.2, 0) is 6.54 Å². The van der Waals surface area contributed by atoms with Gasteiger partial charge in [-0.15, -0.1) is 12.4 Å². The molecule has 0 amide bonds. The molecule has 1 aromatic carbocycles. The van der Waals surface area contributed by atoms with Crippen molar-refractivity contribution in [1.82, 2.24) is 4.90 Å². The predicted octanol–water partition coefficient (Wildman–Crippen LogP) is 2.68. The van der Waals surface area contributed by atoms with Gasteiger partial charge in [-0.3, -0.25) is 4.90 Å². The number of rotatable bonds is 3. The molecule has 0 spiro atoms. The average molecular weight is 279 g/mol. The van der Waals surface area contributed by atoms with E-state index >= 15 is 0 Å². The first kappa shape index (κ1) is 14.7. The van der Waals surface area contributed by atoms with Crippen molar-refractivity contribution in [3.8, 4) is 0 Å². The second kappa shape index (κ2) is 6.55. The lowest BCUT2D eigenvalue weighted by molar-refractivity contribution is 0.312. The molecule has 5 heteroatoms. The Morgan fingerprint density at radius 3 is 2.88 bits per heavy atom. The summed E-state index contributed by atoms with van der Waals surface area (Å²) < 4.78 is 13.7. The molecule has 0 aromatic heterocycles. The summed E-state index contributed by atoms with van der Waals surface area (Å²) in [5.74, 6) is 0.266. The number of likely N-dealkylation sites (tertiary alicyclic amines) is 1. The van der Waals surface area contributed by atoms with E-state index in [4.69, 9.17) is 17.3 Å². The Morgan fingerprint density at radius 1 is 1.47 bits per heavy atom. The lowest BCUT2D eigenvalue weighted by atomic mass is 10.1. The standard InChI is InChI=1S/C12H16ClFN2.ClH/c13-11-3-1-2-10(12(11)14)8-16-5-4-9(6-15)7-16;/h1-3,9H,4-8,15H2;1H. The van der Waals surface area contributed by atoms with E-state index in [-0.39, 0.29) is 23.2 Å². The van der Waals surface area contributed by atoms with Gasteiger partial charge in [0.1, 0.15) is 5.82 Å². The van der Waals surface area contributed by atoms with Crippen molar-refractivity contribution < 1.29 is 4.39 Å². The maximum absolute atomic E-state index is 13.7. The molecule has 2 rings (SSSR count). The van der Waals surface area contributed by atoms with Crippen LogP contribution in [0.5, 0.6) is 0 Å². The van der Waals surface area contributed by atoms with Crippen LogP contribution in [0.2, 0.25) is 5.02 Å². The van der Waals surface area contributed by atoms with Crippen LogP contribution in [0, 0.1) is 11.7 Å². The summed E-state index contributed by atoms with van der Waals surface area (Å²) in [6.45, 7) is 3.30. The summed E-state index contributed by atoms with van der Waals surface area (Å²) in [6.07, 6.45) is 1.11. The van der Waals surface area contributed by atoms with E-state index in [2.05, 4.69) is 4.90 Å². The fraction of sp³-hybridized carbons (Fsp3) is 0.500. The maximum Gasteiger partial charge on any atom is 0.146 e. The Labute approximate surface area is 112 Å². The SMILES string of the molecule is Cl.NCC1CCN(Cc2cccc(Cl)c2F)C1. The lowest BCUT2D eigenvalue weighted by Crippen LogP contribution is -2.23. The minimum absolute atomic E-state index is 0. The van der Waals surface area contributed by atoms with Crippen molar-refractivity contribution in [2.24, 2.45) is 11.7 Å². The van der Waals surface area contributed by atoms with E-state index in [1.165, 1.54) is 0 Å². The maximum atomic E-state index is 13.7. The molecule has 1 saturated heterocycles. The van der Waals surface area contributed by atoms with Crippen LogP contribution in [-0.4, -0.2) is 24.5 Å². The van der Waals surface area contributed by atoms with Crippen LogP contribution in [0.3, 0.4) is 0 Å². The van der Waals surface area contributed by atoms with Gasteiger partial charge in [-0.1, -0.05) is 23.7 Å². The number of nitrogens with two attached hydrogens (primary N) is 1. The van der Waals surface area contributed by atoms with Crippen LogP contribution in [0.4, 0.5) is 4.39 Å². The van der Waals surface area contributed by atoms with Crippen molar-refractivity contribution in [2.45, 2.75) is 13.0 Å². The van der Waals surface area contributed by atoms with Crippen LogP contribution >= 0.6 is 24.0 Å². The zero-order chi connectivity index (χ0) is 11.5. The third-order valence-corrected chi connectivity index (χ3v) is 3.42. The van der Waals surface area contributed by atoms with E-state index in [1.807, 2.05) is 0 Å². The highest BCUT2D eigenvalue weighted by Gasteiger charge is 2.22. The van der Waals surface area contributed by atoms with Gasteiger partial charge in [0.25, 0.3) is 0 Å². The molecule has 0 bridgehead atoms. The summed E-state index contributed by atoms with van der Waals surface area (Å²) in [5, 5.41) is 0.201. The van der Waals surface area contributed by atoms with Gasteiger partial charge in [-0.2, -0.15) is 0 Å². The number of nitrogens with zero attached hydrogens (tertiary/aromatic N) is 1. The van der Waals surface area contributed by atoms with Crippen LogP contribution < -0.4 is 5.73 Å². The van der Waals surface area contributed by atoms with Gasteiger partial charge in [0.05, 0.1) is 5.02 Å². The first-order valence-electron chi connectivity index (χ1n) is 5.56. The summed E-state index contributed by atoms with van der Waals surface area (Å²) in [5.41, 5.74) is 6.29. The number of benzene rings is 1. The smallest absolute Gasteiger partial charge is 0.146 e. The van der Waals surface area contributed by atoms with Crippen molar-refractivity contribution in [1.29, 1.82) is 0 Å². The second-order valence-corrected chi connectivity index (χ2v) is 4.75. The van der Waals surface area contributed by atoms with Gasteiger partial charge < -0.3 is 5.73 Å². The van der Waals surface area contributed by atoms with E-state index in [0.29, 0.717) is 24.6 Å². The molecule has 2 N–H and O–H groups in total. The van der Waals surface area contributed by atoms with Gasteiger partial charge in [0.15, 0.2) is 0 Å². The minimum Gasteiger partial charge on any atom is -0.330 e. The Kier molecular flexibility index (Phi) is 5.67. The summed E-state index contributed by atoms with van der Waals surface area (Å²) in [6, 6.07) is 5.15. The molecule has 1 heterocycles. The average Bonchev–Trinajstić information content (AvgIpc) is 2.73. The third-order valence-electron chi connectivity index (χ3n) is 3.13. The Morgan fingerprint density at radius 2 is 2.24 bits per heavy atom. The lowest BCUT2D eigenvalue weighted by Gasteiger charge is -2.16. The van der Waals surface area contributed by atoms with Crippen LogP contribution in [0.1, 0.15) is 12.0 Å². The zero-order valence-corrected chi connectivity index (χ0v) is 11.1. The molecule has 1 fully saturated rings. The Balaban J connectivity index is 0.00000144. The van der Waals surface area contributed by atoms with Crippen molar-refractivity contribution in [3.05, 3.63) is 34.6 Å². The van der Waals surface area contributed by atoms with E-state index in [1.54, 1.807) is 18.2 Å². The molecular weight excluding hydrogens is 262 g/mol. The van der Waals surface area contributed by atoms with Crippen LogP contribution in [0.25, 0.3) is 0 Å². The number of hydrogen-bond acceptors (Lipinski definition) is 2. The van der Waals surface area contributed by atoms with Crippen LogP contribution in [0.15, 0.2) is 18.2 Å². The van der Waals surface area contributed by atoms with Crippen molar-refractivity contribution in [2.75, 3.05) is 19.6 Å². The molecule has 1 aromatic rings. The summed E-state index contributed by atoms with van der Waals surface area (Å²) in [4.78, 5) is 2.23. The fourth-order valence-electron chi connectivity index (χ4n) is 2.16. The normalized spacial score (nSPS) is 20.3. The highest BCUT2D eigenvalue weighted by atomic mass is 35.5. The minimum atomic E-state index is -0.291. The number of hydrogen-bond donors (Lipinski definition) is 1. The van der Waals surface area contributed by atoms with Crippen molar-refractivity contribution in [3.63, 3.8) is 0 Å². The molecule has 1 aliphatic rings. The predicted molar refractivity (Wildman–Crippen MR) is 71.1 cm³/mol. The van der Waals surface area contributed by atoms with Crippen molar-refractivity contribution >= 4 is 24.0 Å². The molecule has 1 unspecified atom stereocenters. The molecule has 0 saturated carbocycles. The quantitative estimate of drug-likeness (QED) is 0.921. The third kappa shape index (κ3) is 3.55. The molecule has 0 radical (unpaired) electrons. The highest BCUT2D eigenvalue weighted by molar-refractivity contribution is 6.30. The van der Waals surface area contributed by atoms with Gasteiger partial charge >= 0.3 is 0 Å². The molecular formula is C12H17Cl2FN2. The van der Waals surface area contributed by atoms with E-state index in [0.717, 1.165) is 19.5 Å². The molecule has 2 nitrogen and oxygen atoms in total. The first-order chi connectivity index (χ1) is 7.70. The Hall–Kier alpha value is -0.350. The molecule has 17 heavy (non-hydrogen) atoms. The topological polar surface area (TPSA) is 29.3 Å². The monoisotopic (exact) mass is 278 g/mol. The number of halogens is 3. The largest absolute Gasteiger partial charge is 0.330 e. The molecule has 0 aliphatic carbocycles. The molecule has 1 atom stereocenters. The van der Waals surface area contributed by atoms with Gasteiger partial charge in [-0.05, 0) is 31.5 Å². The second-order valence-electron chi connectivity index (χ2n) is 4.34. The van der Waals surface area contributed by atoms with E-state index < -0.39 is 0 Å².